The van der Waals surface area contributed by atoms with Crippen LogP contribution < -0.4 is 21.6 Å². The van der Waals surface area contributed by atoms with Crippen LogP contribution in [0.5, 0.6) is 0 Å². The van der Waals surface area contributed by atoms with Crippen molar-refractivity contribution in [1.82, 2.24) is 9.97 Å². The van der Waals surface area contributed by atoms with E-state index in [9.17, 15) is 0 Å². The molecule has 3 aliphatic rings. The van der Waals surface area contributed by atoms with E-state index in [1.807, 2.05) is 6.20 Å². The lowest BCUT2D eigenvalue weighted by Gasteiger charge is -2.32. The predicted molar refractivity (Wildman–Crippen MR) is 118 cm³/mol. The minimum Gasteiger partial charge on any atom is -0.423 e. The number of nitrogens with one attached hydrogen (secondary N) is 2. The average Bonchev–Trinajstić information content (AvgIpc) is 3.39. The third kappa shape index (κ3) is 4.05. The first-order valence-corrected chi connectivity index (χ1v) is 10.3. The van der Waals surface area contributed by atoms with Gasteiger partial charge in [0.2, 0.25) is 0 Å². The van der Waals surface area contributed by atoms with Crippen LogP contribution in [-0.2, 0) is 22.2 Å². The van der Waals surface area contributed by atoms with Crippen molar-refractivity contribution >= 4 is 36.8 Å². The van der Waals surface area contributed by atoms with E-state index in [4.69, 9.17) is 19.4 Å². The molecule has 5 heterocycles. The zero-order chi connectivity index (χ0) is 21.5. The number of pyridine rings is 2. The summed E-state index contributed by atoms with van der Waals surface area (Å²) in [6.07, 6.45) is 5.25. The molecule has 4 N–H and O–H groups in total. The van der Waals surface area contributed by atoms with E-state index in [1.54, 1.807) is 6.07 Å². The van der Waals surface area contributed by atoms with Gasteiger partial charge in [-0.25, -0.2) is 9.97 Å². The molecule has 0 spiro atoms. The van der Waals surface area contributed by atoms with E-state index in [1.165, 1.54) is 11.8 Å². The fourth-order valence-electron chi connectivity index (χ4n) is 3.64. The van der Waals surface area contributed by atoms with Crippen LogP contribution in [0, 0.1) is 0 Å². The number of hydrogen-bond donors (Lipinski definition) is 4. The Hall–Kier alpha value is -2.13. The van der Waals surface area contributed by atoms with Crippen LogP contribution >= 0.6 is 0 Å². The zero-order valence-electron chi connectivity index (χ0n) is 17.9. The van der Waals surface area contributed by atoms with Gasteiger partial charge in [-0.2, -0.15) is 0 Å². The molecule has 0 atom stereocenters. The summed E-state index contributed by atoms with van der Waals surface area (Å²) in [6, 6.07) is 3.91. The van der Waals surface area contributed by atoms with Crippen molar-refractivity contribution in [2.24, 2.45) is 0 Å². The fraction of sp³-hybridized carbons (Fsp3) is 0.500. The largest absolute Gasteiger partial charge is 0.496 e. The molecule has 10 heteroatoms. The van der Waals surface area contributed by atoms with Crippen LogP contribution in [-0.4, -0.2) is 58.5 Å². The Bertz CT molecular complexity index is 923. The molecule has 0 radical (unpaired) electrons. The van der Waals surface area contributed by atoms with Gasteiger partial charge in [0.15, 0.2) is 0 Å². The lowest BCUT2D eigenvalue weighted by atomic mass is 9.79. The van der Waals surface area contributed by atoms with Gasteiger partial charge in [-0.3, -0.25) is 0 Å². The van der Waals surface area contributed by atoms with Crippen molar-refractivity contribution in [2.45, 2.75) is 51.7 Å². The highest BCUT2D eigenvalue weighted by atomic mass is 16.7. The summed E-state index contributed by atoms with van der Waals surface area (Å²) in [4.78, 5) is 8.48. The van der Waals surface area contributed by atoms with Crippen LogP contribution in [0.3, 0.4) is 0 Å². The molecular weight excluding hydrogens is 382 g/mol. The molecule has 0 amide bonds. The van der Waals surface area contributed by atoms with E-state index in [0.717, 1.165) is 48.6 Å². The lowest BCUT2D eigenvalue weighted by molar-refractivity contribution is 0.00578. The first-order chi connectivity index (χ1) is 14.2. The highest BCUT2D eigenvalue weighted by Gasteiger charge is 2.51. The Morgan fingerprint density at radius 3 is 2.00 bits per heavy atom. The molecule has 0 unspecified atom stereocenters. The Labute approximate surface area is 177 Å². The predicted octanol–water partition coefficient (Wildman–Crippen LogP) is 0.0782. The molecule has 30 heavy (non-hydrogen) atoms. The summed E-state index contributed by atoms with van der Waals surface area (Å²) in [5, 5.41) is 24.0. The van der Waals surface area contributed by atoms with Gasteiger partial charge in [-0.05, 0) is 51.7 Å². The number of fused-ring (bicyclic) bond motifs is 2. The highest BCUT2D eigenvalue weighted by molar-refractivity contribution is 6.62. The Morgan fingerprint density at radius 1 is 0.900 bits per heavy atom. The Morgan fingerprint density at radius 2 is 1.43 bits per heavy atom. The van der Waals surface area contributed by atoms with Crippen LogP contribution in [0.25, 0.3) is 0 Å². The van der Waals surface area contributed by atoms with Gasteiger partial charge in [0, 0.05) is 36.4 Å². The molecule has 5 rings (SSSR count). The van der Waals surface area contributed by atoms with Crippen LogP contribution in [0.4, 0.5) is 11.6 Å². The number of anilines is 2. The maximum absolute atomic E-state index is 8.85. The minimum atomic E-state index is -1.41. The summed E-state index contributed by atoms with van der Waals surface area (Å²) in [7, 11) is -1.73. The van der Waals surface area contributed by atoms with Crippen LogP contribution in [0.2, 0.25) is 0 Å². The molecule has 0 saturated carbocycles. The van der Waals surface area contributed by atoms with Crippen molar-refractivity contribution in [3.8, 4) is 0 Å². The molecule has 8 nitrogen and oxygen atoms in total. The molecule has 1 fully saturated rings. The number of nitrogens with zero attached hydrogens (tertiary/aromatic N) is 2. The molecule has 0 aliphatic carbocycles. The number of aromatic nitrogens is 2. The molecular formula is C20H28B2N4O4. The van der Waals surface area contributed by atoms with E-state index in [0.29, 0.717) is 5.46 Å². The van der Waals surface area contributed by atoms with Crippen molar-refractivity contribution < 1.29 is 19.4 Å². The summed E-state index contributed by atoms with van der Waals surface area (Å²) in [5.41, 5.74) is 3.18. The first-order valence-electron chi connectivity index (χ1n) is 10.3. The maximum atomic E-state index is 8.85. The maximum Gasteiger partial charge on any atom is 0.496 e. The smallest absolute Gasteiger partial charge is 0.423 e. The van der Waals surface area contributed by atoms with Gasteiger partial charge in [0.05, 0.1) is 11.2 Å². The monoisotopic (exact) mass is 410 g/mol. The molecule has 2 aromatic heterocycles. The van der Waals surface area contributed by atoms with Gasteiger partial charge in [0.25, 0.3) is 0 Å². The van der Waals surface area contributed by atoms with E-state index in [2.05, 4.69) is 54.4 Å². The summed E-state index contributed by atoms with van der Waals surface area (Å²) < 4.78 is 12.1. The van der Waals surface area contributed by atoms with Crippen molar-refractivity contribution in [3.05, 3.63) is 35.7 Å². The fourth-order valence-corrected chi connectivity index (χ4v) is 3.64. The molecule has 3 aliphatic heterocycles. The molecule has 158 valence electrons. The van der Waals surface area contributed by atoms with Gasteiger partial charge >= 0.3 is 14.2 Å². The second-order valence-electron chi connectivity index (χ2n) is 8.87. The molecule has 1 saturated heterocycles. The van der Waals surface area contributed by atoms with Gasteiger partial charge in [0.1, 0.15) is 11.6 Å². The summed E-state index contributed by atoms with van der Waals surface area (Å²) in [6.45, 7) is 10.1. The van der Waals surface area contributed by atoms with E-state index in [-0.39, 0.29) is 18.3 Å². The van der Waals surface area contributed by atoms with Crippen LogP contribution in [0.15, 0.2) is 24.5 Å². The van der Waals surface area contributed by atoms with E-state index < -0.39 is 7.12 Å². The Kier molecular flexibility index (Phi) is 5.52. The van der Waals surface area contributed by atoms with E-state index >= 15 is 0 Å². The standard InChI is InChI=1S/C13H19BN2O2.C7H9BN2O2/c1-12(2)13(3,4)18-14(17-12)10-7-9-5-6-15-11(9)16-8-10;11-8(12)6-3-5-1-2-9-7(5)10-4-6/h7-8H,5-6H2,1-4H3,(H,15,16);3-4,11-12H,1-2H2,(H,9,10). The lowest BCUT2D eigenvalue weighted by Crippen LogP contribution is -2.41. The molecule has 0 bridgehead atoms. The summed E-state index contributed by atoms with van der Waals surface area (Å²) in [5.74, 6) is 1.86. The average molecular weight is 410 g/mol. The highest BCUT2D eigenvalue weighted by Crippen LogP contribution is 2.36. The second kappa shape index (κ2) is 7.85. The second-order valence-corrected chi connectivity index (χ2v) is 8.87. The zero-order valence-corrected chi connectivity index (χ0v) is 17.9. The number of hydrogen-bond acceptors (Lipinski definition) is 8. The van der Waals surface area contributed by atoms with Crippen molar-refractivity contribution in [1.29, 1.82) is 0 Å². The normalized spacial score (nSPS) is 19.9. The SMILES string of the molecule is CC1(C)OB(c2cnc3c(c2)CCN3)OC1(C)C.OB(O)c1cnc2c(c1)CCN2. The molecule has 2 aromatic rings. The first kappa shape index (κ1) is 21.1. The third-order valence-electron chi connectivity index (χ3n) is 6.17. The van der Waals surface area contributed by atoms with Gasteiger partial charge in [-0.15, -0.1) is 0 Å². The molecule has 0 aromatic carbocycles. The minimum absolute atomic E-state index is 0.297. The quantitative estimate of drug-likeness (QED) is 0.516. The third-order valence-corrected chi connectivity index (χ3v) is 6.17. The number of rotatable bonds is 2. The topological polar surface area (TPSA) is 109 Å². The Balaban J connectivity index is 0.000000158. The van der Waals surface area contributed by atoms with Crippen molar-refractivity contribution in [3.63, 3.8) is 0 Å². The van der Waals surface area contributed by atoms with Gasteiger partial charge in [-0.1, -0.05) is 12.1 Å². The summed E-state index contributed by atoms with van der Waals surface area (Å²) >= 11 is 0. The van der Waals surface area contributed by atoms with Crippen molar-refractivity contribution in [2.75, 3.05) is 23.7 Å². The van der Waals surface area contributed by atoms with Gasteiger partial charge < -0.3 is 30.0 Å². The van der Waals surface area contributed by atoms with Crippen LogP contribution in [0.1, 0.15) is 38.8 Å².